The van der Waals surface area contributed by atoms with Crippen molar-refractivity contribution in [3.05, 3.63) is 77.4 Å². The van der Waals surface area contributed by atoms with Crippen LogP contribution < -0.4 is 10.9 Å². The molecule has 3 rings (SSSR count). The largest absolute Gasteiger partial charge is 0.326 e. The van der Waals surface area contributed by atoms with Crippen molar-refractivity contribution in [1.82, 2.24) is 0 Å². The van der Waals surface area contributed by atoms with E-state index in [0.29, 0.717) is 13.0 Å². The Bertz CT molecular complexity index is 966. The van der Waals surface area contributed by atoms with Gasteiger partial charge in [-0.05, 0) is 39.9 Å². The molecule has 4 N–H and O–H groups in total. The van der Waals surface area contributed by atoms with Crippen LogP contribution in [-0.4, -0.2) is 8.42 Å². The number of benzene rings is 3. The number of rotatable bonds is 4. The second-order valence-corrected chi connectivity index (χ2v) is 7.04. The zero-order valence-corrected chi connectivity index (χ0v) is 13.4. The van der Waals surface area contributed by atoms with Crippen molar-refractivity contribution < 1.29 is 8.42 Å². The molecule has 0 atom stereocenters. The Hall–Kier alpha value is -2.21. The Morgan fingerprint density at radius 3 is 2.35 bits per heavy atom. The Morgan fingerprint density at radius 1 is 0.870 bits per heavy atom. The third-order valence-corrected chi connectivity index (χ3v) is 4.91. The van der Waals surface area contributed by atoms with E-state index in [2.05, 4.69) is 0 Å². The molecular weight excluding hydrogens is 308 g/mol. The maximum atomic E-state index is 12.0. The van der Waals surface area contributed by atoms with E-state index in [1.807, 2.05) is 48.5 Å². The van der Waals surface area contributed by atoms with Crippen molar-refractivity contribution in [3.63, 3.8) is 0 Å². The molecule has 0 aliphatic carbocycles. The lowest BCUT2D eigenvalue weighted by atomic mass is 9.97. The first-order valence-corrected chi connectivity index (χ1v) is 8.85. The number of hydrogen-bond acceptors (Lipinski definition) is 3. The van der Waals surface area contributed by atoms with Gasteiger partial charge >= 0.3 is 0 Å². The van der Waals surface area contributed by atoms with Crippen molar-refractivity contribution >= 4 is 20.8 Å². The summed E-state index contributed by atoms with van der Waals surface area (Å²) in [4.78, 5) is 0.175. The highest BCUT2D eigenvalue weighted by atomic mass is 32.2. The molecule has 0 saturated heterocycles. The van der Waals surface area contributed by atoms with Crippen molar-refractivity contribution in [3.8, 4) is 0 Å². The fourth-order valence-electron chi connectivity index (χ4n) is 2.84. The summed E-state index contributed by atoms with van der Waals surface area (Å²) < 4.78 is 23.9. The molecule has 0 bridgehead atoms. The van der Waals surface area contributed by atoms with Crippen LogP contribution >= 0.6 is 0 Å². The smallest absolute Gasteiger partial charge is 0.238 e. The van der Waals surface area contributed by atoms with Gasteiger partial charge < -0.3 is 5.73 Å². The van der Waals surface area contributed by atoms with Crippen molar-refractivity contribution in [1.29, 1.82) is 0 Å². The SMILES string of the molecule is NCc1cccc(Cc2c(S(N)(=O)=O)ccc3ccccc23)c1. The van der Waals surface area contributed by atoms with E-state index >= 15 is 0 Å². The molecule has 0 unspecified atom stereocenters. The van der Waals surface area contributed by atoms with Gasteiger partial charge in [-0.3, -0.25) is 0 Å². The lowest BCUT2D eigenvalue weighted by Gasteiger charge is -2.12. The molecule has 0 radical (unpaired) electrons. The second kappa shape index (κ2) is 6.12. The molecule has 118 valence electrons. The van der Waals surface area contributed by atoms with Gasteiger partial charge in [0.25, 0.3) is 0 Å². The van der Waals surface area contributed by atoms with Gasteiger partial charge in [-0.25, -0.2) is 13.6 Å². The minimum atomic E-state index is -3.79. The van der Waals surface area contributed by atoms with Crippen molar-refractivity contribution in [2.45, 2.75) is 17.9 Å². The van der Waals surface area contributed by atoms with Gasteiger partial charge in [-0.1, -0.05) is 54.6 Å². The van der Waals surface area contributed by atoms with Crippen LogP contribution in [0.5, 0.6) is 0 Å². The van der Waals surface area contributed by atoms with E-state index in [1.165, 1.54) is 0 Å². The predicted molar refractivity (Wildman–Crippen MR) is 92.5 cm³/mol. The predicted octanol–water partition coefficient (Wildman–Crippen LogP) is 2.54. The van der Waals surface area contributed by atoms with Crippen LogP contribution in [0.3, 0.4) is 0 Å². The molecule has 0 amide bonds. The van der Waals surface area contributed by atoms with Crippen LogP contribution in [0.25, 0.3) is 10.8 Å². The van der Waals surface area contributed by atoms with E-state index in [-0.39, 0.29) is 4.90 Å². The summed E-state index contributed by atoms with van der Waals surface area (Å²) in [5, 5.41) is 7.30. The molecule has 0 heterocycles. The van der Waals surface area contributed by atoms with Gasteiger partial charge in [-0.2, -0.15) is 0 Å². The highest BCUT2D eigenvalue weighted by molar-refractivity contribution is 7.89. The second-order valence-electron chi connectivity index (χ2n) is 5.51. The van der Waals surface area contributed by atoms with E-state index in [1.54, 1.807) is 12.1 Å². The van der Waals surface area contributed by atoms with Crippen LogP contribution in [0.2, 0.25) is 0 Å². The van der Waals surface area contributed by atoms with Crippen molar-refractivity contribution in [2.75, 3.05) is 0 Å². The van der Waals surface area contributed by atoms with Crippen LogP contribution in [0, 0.1) is 0 Å². The van der Waals surface area contributed by atoms with Gasteiger partial charge in [0.1, 0.15) is 0 Å². The number of sulfonamides is 1. The summed E-state index contributed by atoms with van der Waals surface area (Å²) in [6, 6.07) is 18.9. The third kappa shape index (κ3) is 3.27. The molecule has 0 aliphatic heterocycles. The summed E-state index contributed by atoms with van der Waals surface area (Å²) >= 11 is 0. The molecule has 4 nitrogen and oxygen atoms in total. The maximum absolute atomic E-state index is 12.0. The molecule has 0 aromatic heterocycles. The fraction of sp³-hybridized carbons (Fsp3) is 0.111. The average Bonchev–Trinajstić information content (AvgIpc) is 2.54. The lowest BCUT2D eigenvalue weighted by molar-refractivity contribution is 0.597. The molecule has 0 fully saturated rings. The average molecular weight is 326 g/mol. The van der Waals surface area contributed by atoms with Crippen LogP contribution in [0.15, 0.2) is 65.6 Å². The molecule has 23 heavy (non-hydrogen) atoms. The van der Waals surface area contributed by atoms with Gasteiger partial charge in [0.2, 0.25) is 10.0 Å². The summed E-state index contributed by atoms with van der Waals surface area (Å²) in [6.45, 7) is 0.450. The Morgan fingerprint density at radius 2 is 1.61 bits per heavy atom. The summed E-state index contributed by atoms with van der Waals surface area (Å²) in [6.07, 6.45) is 0.487. The zero-order valence-electron chi connectivity index (χ0n) is 12.6. The van der Waals surface area contributed by atoms with E-state index in [9.17, 15) is 8.42 Å². The maximum Gasteiger partial charge on any atom is 0.238 e. The van der Waals surface area contributed by atoms with E-state index < -0.39 is 10.0 Å². The minimum absolute atomic E-state index is 0.175. The minimum Gasteiger partial charge on any atom is -0.326 e. The number of fused-ring (bicyclic) bond motifs is 1. The topological polar surface area (TPSA) is 86.2 Å². The molecule has 5 heteroatoms. The van der Waals surface area contributed by atoms with E-state index in [4.69, 9.17) is 10.9 Å². The van der Waals surface area contributed by atoms with E-state index in [0.717, 1.165) is 27.5 Å². The number of hydrogen-bond donors (Lipinski definition) is 2. The molecule has 3 aromatic rings. The quantitative estimate of drug-likeness (QED) is 0.772. The molecule has 0 saturated carbocycles. The highest BCUT2D eigenvalue weighted by Crippen LogP contribution is 2.27. The van der Waals surface area contributed by atoms with Gasteiger partial charge in [0, 0.05) is 6.54 Å². The summed E-state index contributed by atoms with van der Waals surface area (Å²) in [5.74, 6) is 0. The van der Waals surface area contributed by atoms with Gasteiger partial charge in [0.15, 0.2) is 0 Å². The van der Waals surface area contributed by atoms with Gasteiger partial charge in [-0.15, -0.1) is 0 Å². The number of primary sulfonamides is 1. The molecular formula is C18H18N2O2S. The molecule has 0 spiro atoms. The first-order valence-electron chi connectivity index (χ1n) is 7.30. The Labute approximate surface area is 135 Å². The monoisotopic (exact) mass is 326 g/mol. The lowest BCUT2D eigenvalue weighted by Crippen LogP contribution is -2.15. The van der Waals surface area contributed by atoms with Crippen LogP contribution in [0.4, 0.5) is 0 Å². The van der Waals surface area contributed by atoms with Crippen LogP contribution in [0.1, 0.15) is 16.7 Å². The summed E-state index contributed by atoms with van der Waals surface area (Å²) in [5.41, 5.74) is 8.43. The fourth-order valence-corrected chi connectivity index (χ4v) is 3.62. The zero-order chi connectivity index (χ0) is 16.4. The Balaban J connectivity index is 2.21. The first-order chi connectivity index (χ1) is 11.0. The normalized spacial score (nSPS) is 11.7. The van der Waals surface area contributed by atoms with Crippen molar-refractivity contribution in [2.24, 2.45) is 10.9 Å². The molecule has 3 aromatic carbocycles. The highest BCUT2D eigenvalue weighted by Gasteiger charge is 2.17. The standard InChI is InChI=1S/C18H18N2O2S/c19-12-14-5-3-4-13(10-14)11-17-16-7-2-1-6-15(16)8-9-18(17)23(20,21)22/h1-10H,11-12,19H2,(H2,20,21,22). The summed E-state index contributed by atoms with van der Waals surface area (Å²) in [7, 11) is -3.79. The van der Waals surface area contributed by atoms with Gasteiger partial charge in [0.05, 0.1) is 4.90 Å². The van der Waals surface area contributed by atoms with Crippen LogP contribution in [-0.2, 0) is 23.0 Å². The first kappa shape index (κ1) is 15.7. The number of nitrogens with two attached hydrogens (primary N) is 2. The molecule has 0 aliphatic rings. The third-order valence-electron chi connectivity index (χ3n) is 3.91. The Kier molecular flexibility index (Phi) is 4.17.